The van der Waals surface area contributed by atoms with E-state index in [9.17, 15) is 15.0 Å². The number of ether oxygens (including phenoxy) is 2. The van der Waals surface area contributed by atoms with Gasteiger partial charge in [-0.2, -0.15) is 0 Å². The number of Topliss-reactive ketones (excluding diaryl/α,β-unsaturated/α-hetero) is 1. The van der Waals surface area contributed by atoms with Crippen molar-refractivity contribution < 1.29 is 24.5 Å². The summed E-state index contributed by atoms with van der Waals surface area (Å²) in [6.07, 6.45) is -4.44. The fourth-order valence-corrected chi connectivity index (χ4v) is 2.10. The molecule has 6 nitrogen and oxygen atoms in total. The van der Waals surface area contributed by atoms with Gasteiger partial charge in [0.25, 0.3) is 0 Å². The quantitative estimate of drug-likeness (QED) is 0.623. The molecule has 0 radical (unpaired) electrons. The molecular weight excluding hydrogens is 250 g/mol. The summed E-state index contributed by atoms with van der Waals surface area (Å²) in [6, 6.07) is 7.47. The fraction of sp³-hybridized carbons (Fsp3) is 0.462. The van der Waals surface area contributed by atoms with Crippen LogP contribution in [0.4, 0.5) is 0 Å². The predicted octanol–water partition coefficient (Wildman–Crippen LogP) is -0.710. The SMILES string of the molecule is CO[C@H]1O[C@H](C(O)C(=O)c2ccccc2)[C@@H](N)[C@H]1O. The lowest BCUT2D eigenvalue weighted by atomic mass is 9.97. The minimum absolute atomic E-state index is 0.362. The van der Waals surface area contributed by atoms with Gasteiger partial charge in [0.1, 0.15) is 18.3 Å². The van der Waals surface area contributed by atoms with E-state index in [2.05, 4.69) is 0 Å². The summed E-state index contributed by atoms with van der Waals surface area (Å²) in [4.78, 5) is 12.1. The zero-order valence-corrected chi connectivity index (χ0v) is 10.5. The minimum atomic E-state index is -1.44. The average Bonchev–Trinajstić information content (AvgIpc) is 2.74. The van der Waals surface area contributed by atoms with Crippen LogP contribution in [0.25, 0.3) is 0 Å². The summed E-state index contributed by atoms with van der Waals surface area (Å²) < 4.78 is 10.2. The molecule has 0 bridgehead atoms. The van der Waals surface area contributed by atoms with Gasteiger partial charge in [-0.3, -0.25) is 4.79 Å². The molecule has 6 heteroatoms. The molecule has 1 saturated heterocycles. The summed E-state index contributed by atoms with van der Waals surface area (Å²) in [7, 11) is 1.36. The lowest BCUT2D eigenvalue weighted by molar-refractivity contribution is -0.158. The first-order valence-electron chi connectivity index (χ1n) is 5.95. The first-order valence-corrected chi connectivity index (χ1v) is 5.95. The third kappa shape index (κ3) is 2.68. The number of methoxy groups -OCH3 is 1. The van der Waals surface area contributed by atoms with E-state index in [0.29, 0.717) is 5.56 Å². The summed E-state index contributed by atoms with van der Waals surface area (Å²) in [5.74, 6) is -0.495. The van der Waals surface area contributed by atoms with Crippen LogP contribution < -0.4 is 5.73 Å². The number of aliphatic hydroxyl groups is 2. The fourth-order valence-electron chi connectivity index (χ4n) is 2.10. The third-order valence-corrected chi connectivity index (χ3v) is 3.21. The summed E-state index contributed by atoms with van der Waals surface area (Å²) in [5, 5.41) is 19.8. The zero-order valence-electron chi connectivity index (χ0n) is 10.5. The molecule has 0 aliphatic carbocycles. The summed E-state index contributed by atoms with van der Waals surface area (Å²) in [6.45, 7) is 0. The van der Waals surface area contributed by atoms with Crippen LogP contribution in [0.1, 0.15) is 10.4 Å². The molecule has 1 aliphatic heterocycles. The van der Waals surface area contributed by atoms with Crippen molar-refractivity contribution in [1.29, 1.82) is 0 Å². The first-order chi connectivity index (χ1) is 9.06. The number of hydrogen-bond donors (Lipinski definition) is 3. The number of ketones is 1. The Morgan fingerprint density at radius 1 is 1.42 bits per heavy atom. The number of nitrogens with two attached hydrogens (primary N) is 1. The highest BCUT2D eigenvalue weighted by molar-refractivity contribution is 5.99. The maximum absolute atomic E-state index is 12.1. The van der Waals surface area contributed by atoms with Gasteiger partial charge < -0.3 is 25.4 Å². The van der Waals surface area contributed by atoms with Crippen LogP contribution in [0.3, 0.4) is 0 Å². The average molecular weight is 267 g/mol. The Bertz CT molecular complexity index is 438. The van der Waals surface area contributed by atoms with Crippen LogP contribution in [0.2, 0.25) is 0 Å². The largest absolute Gasteiger partial charge is 0.386 e. The Balaban J connectivity index is 2.12. The second-order valence-corrected chi connectivity index (χ2v) is 4.45. The van der Waals surface area contributed by atoms with Crippen molar-refractivity contribution in [3.05, 3.63) is 35.9 Å². The molecule has 0 amide bonds. The van der Waals surface area contributed by atoms with Gasteiger partial charge in [-0.25, -0.2) is 0 Å². The number of rotatable bonds is 4. The van der Waals surface area contributed by atoms with E-state index in [1.807, 2.05) is 0 Å². The van der Waals surface area contributed by atoms with Crippen molar-refractivity contribution >= 4 is 5.78 Å². The standard InChI is InChI=1S/C13H17NO5/c1-18-13-10(16)8(14)12(19-13)11(17)9(15)7-5-3-2-4-6-7/h2-6,8,10-13,16-17H,14H2,1H3/t8-,10+,11?,12-,13-/m0/s1. The van der Waals surface area contributed by atoms with Crippen molar-refractivity contribution in [2.45, 2.75) is 30.6 Å². The highest BCUT2D eigenvalue weighted by atomic mass is 16.7. The van der Waals surface area contributed by atoms with Gasteiger partial charge in [0.15, 0.2) is 12.1 Å². The van der Waals surface area contributed by atoms with Gasteiger partial charge in [0.2, 0.25) is 0 Å². The van der Waals surface area contributed by atoms with E-state index in [0.717, 1.165) is 0 Å². The molecule has 1 aromatic carbocycles. The van der Waals surface area contributed by atoms with Gasteiger partial charge in [0, 0.05) is 12.7 Å². The smallest absolute Gasteiger partial charge is 0.194 e. The molecular formula is C13H17NO5. The van der Waals surface area contributed by atoms with Gasteiger partial charge in [-0.15, -0.1) is 0 Å². The molecule has 1 heterocycles. The molecule has 104 valence electrons. The molecule has 0 spiro atoms. The zero-order chi connectivity index (χ0) is 14.0. The topological polar surface area (TPSA) is 102 Å². The monoisotopic (exact) mass is 267 g/mol. The lowest BCUT2D eigenvalue weighted by Gasteiger charge is -2.20. The van der Waals surface area contributed by atoms with Crippen LogP contribution in [-0.4, -0.2) is 53.7 Å². The molecule has 0 saturated carbocycles. The lowest BCUT2D eigenvalue weighted by Crippen LogP contribution is -2.48. The van der Waals surface area contributed by atoms with Gasteiger partial charge in [-0.05, 0) is 0 Å². The Labute approximate surface area is 110 Å². The minimum Gasteiger partial charge on any atom is -0.386 e. The number of aliphatic hydroxyl groups excluding tert-OH is 2. The van der Waals surface area contributed by atoms with E-state index in [4.69, 9.17) is 15.2 Å². The van der Waals surface area contributed by atoms with Crippen molar-refractivity contribution in [3.8, 4) is 0 Å². The molecule has 4 N–H and O–H groups in total. The predicted molar refractivity (Wildman–Crippen MR) is 66.4 cm³/mol. The maximum Gasteiger partial charge on any atom is 0.194 e. The highest BCUT2D eigenvalue weighted by Gasteiger charge is 2.47. The normalized spacial score (nSPS) is 32.2. The van der Waals surface area contributed by atoms with Gasteiger partial charge in [-0.1, -0.05) is 30.3 Å². The number of carbonyl (C=O) groups is 1. The molecule has 1 unspecified atom stereocenters. The third-order valence-electron chi connectivity index (χ3n) is 3.21. The number of hydrogen-bond acceptors (Lipinski definition) is 6. The Morgan fingerprint density at radius 3 is 2.58 bits per heavy atom. The first kappa shape index (κ1) is 14.1. The van der Waals surface area contributed by atoms with Crippen LogP contribution >= 0.6 is 0 Å². The number of carbonyl (C=O) groups excluding carboxylic acids is 1. The van der Waals surface area contributed by atoms with Gasteiger partial charge >= 0.3 is 0 Å². The summed E-state index contributed by atoms with van der Waals surface area (Å²) in [5.41, 5.74) is 6.10. The van der Waals surface area contributed by atoms with Crippen LogP contribution in [0.5, 0.6) is 0 Å². The molecule has 5 atom stereocenters. The molecule has 1 fully saturated rings. The summed E-state index contributed by atoms with van der Waals surface area (Å²) >= 11 is 0. The van der Waals surface area contributed by atoms with Crippen molar-refractivity contribution in [2.75, 3.05) is 7.11 Å². The van der Waals surface area contributed by atoms with E-state index >= 15 is 0 Å². The second-order valence-electron chi connectivity index (χ2n) is 4.45. The van der Waals surface area contributed by atoms with E-state index < -0.39 is 36.4 Å². The number of benzene rings is 1. The van der Waals surface area contributed by atoms with Gasteiger partial charge in [0.05, 0.1) is 6.04 Å². The Kier molecular flexibility index (Phi) is 4.28. The van der Waals surface area contributed by atoms with Crippen LogP contribution in [0, 0.1) is 0 Å². The van der Waals surface area contributed by atoms with Crippen molar-refractivity contribution in [3.63, 3.8) is 0 Å². The van der Waals surface area contributed by atoms with Crippen molar-refractivity contribution in [2.24, 2.45) is 5.73 Å². The van der Waals surface area contributed by atoms with E-state index in [1.165, 1.54) is 7.11 Å². The Hall–Kier alpha value is -1.31. The van der Waals surface area contributed by atoms with E-state index in [1.54, 1.807) is 30.3 Å². The van der Waals surface area contributed by atoms with E-state index in [-0.39, 0.29) is 0 Å². The molecule has 2 rings (SSSR count). The van der Waals surface area contributed by atoms with Crippen LogP contribution in [0.15, 0.2) is 30.3 Å². The highest BCUT2D eigenvalue weighted by Crippen LogP contribution is 2.24. The maximum atomic E-state index is 12.1. The van der Waals surface area contributed by atoms with Crippen molar-refractivity contribution in [1.82, 2.24) is 0 Å². The molecule has 1 aliphatic rings. The van der Waals surface area contributed by atoms with Crippen LogP contribution in [-0.2, 0) is 9.47 Å². The molecule has 0 aromatic heterocycles. The Morgan fingerprint density at radius 2 is 2.05 bits per heavy atom. The molecule has 1 aromatic rings. The molecule has 19 heavy (non-hydrogen) atoms. The second kappa shape index (κ2) is 5.77.